The topological polar surface area (TPSA) is 91.2 Å². The minimum absolute atomic E-state index is 0.141. The highest BCUT2D eigenvalue weighted by atomic mass is 16.5. The molecule has 0 spiro atoms. The predicted molar refractivity (Wildman–Crippen MR) is 141 cm³/mol. The molecule has 0 unspecified atom stereocenters. The van der Waals surface area contributed by atoms with E-state index in [9.17, 15) is 9.59 Å². The maximum Gasteiger partial charge on any atom is 0.323 e. The van der Waals surface area contributed by atoms with Crippen LogP contribution in [0.3, 0.4) is 0 Å². The van der Waals surface area contributed by atoms with Crippen LogP contribution in [0.2, 0.25) is 0 Å². The molecular formula is C27H36N6O3. The fraction of sp³-hybridized carbons (Fsp3) is 0.444. The van der Waals surface area contributed by atoms with Gasteiger partial charge in [-0.15, -0.1) is 0 Å². The first-order valence-corrected chi connectivity index (χ1v) is 12.8. The van der Waals surface area contributed by atoms with E-state index in [-0.39, 0.29) is 11.9 Å². The van der Waals surface area contributed by atoms with Crippen LogP contribution in [-0.4, -0.2) is 78.7 Å². The number of ether oxygens (including phenoxy) is 1. The number of urea groups is 1. The summed E-state index contributed by atoms with van der Waals surface area (Å²) in [5.41, 5.74) is 3.24. The fourth-order valence-corrected chi connectivity index (χ4v) is 4.44. The number of fused-ring (bicyclic) bond motifs is 1. The Balaban J connectivity index is 1.46. The number of carbonyl (C=O) groups excluding carboxylic acids is 2. The highest BCUT2D eigenvalue weighted by Crippen LogP contribution is 2.24. The Morgan fingerprint density at radius 1 is 1.03 bits per heavy atom. The second-order valence-electron chi connectivity index (χ2n) is 8.80. The molecule has 4 rings (SSSR count). The molecule has 1 aliphatic heterocycles. The molecule has 0 saturated carbocycles. The van der Waals surface area contributed by atoms with Crippen molar-refractivity contribution in [3.05, 3.63) is 65.5 Å². The van der Waals surface area contributed by atoms with E-state index in [1.165, 1.54) is 5.56 Å². The van der Waals surface area contributed by atoms with Gasteiger partial charge in [-0.3, -0.25) is 19.0 Å². The van der Waals surface area contributed by atoms with Crippen LogP contribution in [0.5, 0.6) is 0 Å². The molecular weight excluding hydrogens is 456 g/mol. The van der Waals surface area contributed by atoms with E-state index >= 15 is 0 Å². The van der Waals surface area contributed by atoms with Crippen LogP contribution < -0.4 is 15.5 Å². The highest BCUT2D eigenvalue weighted by molar-refractivity contribution is 5.95. The quantitative estimate of drug-likeness (QED) is 0.454. The van der Waals surface area contributed by atoms with Gasteiger partial charge in [-0.1, -0.05) is 37.3 Å². The van der Waals surface area contributed by atoms with Gasteiger partial charge in [0.15, 0.2) is 0 Å². The monoisotopic (exact) mass is 492 g/mol. The van der Waals surface area contributed by atoms with Crippen molar-refractivity contribution in [1.29, 1.82) is 0 Å². The van der Waals surface area contributed by atoms with Crippen LogP contribution in [-0.2, 0) is 17.6 Å². The molecule has 9 nitrogen and oxygen atoms in total. The molecule has 3 amide bonds. The van der Waals surface area contributed by atoms with Crippen molar-refractivity contribution in [3.8, 4) is 0 Å². The summed E-state index contributed by atoms with van der Waals surface area (Å²) in [5, 5.41) is 6.05. The molecule has 36 heavy (non-hydrogen) atoms. The standard InChI is InChI=1S/C27H36N6O3/c1-3-23-26(32(4-2)27(35)29-13-12-21-8-6-5-7-9-21)33-20-22(10-11-24(33)30-23)25(34)28-14-15-31-16-18-36-19-17-31/h5-11,20H,3-4,12-19H2,1-2H3,(H,28,34)(H,29,35). The van der Waals surface area contributed by atoms with Gasteiger partial charge >= 0.3 is 6.03 Å². The van der Waals surface area contributed by atoms with E-state index in [1.54, 1.807) is 17.2 Å². The van der Waals surface area contributed by atoms with Gasteiger partial charge in [0.1, 0.15) is 11.5 Å². The third-order valence-corrected chi connectivity index (χ3v) is 6.43. The first kappa shape index (κ1) is 25.7. The summed E-state index contributed by atoms with van der Waals surface area (Å²) in [7, 11) is 0. The van der Waals surface area contributed by atoms with Gasteiger partial charge in [0.2, 0.25) is 0 Å². The Hall–Kier alpha value is -3.43. The second kappa shape index (κ2) is 12.5. The Kier molecular flexibility index (Phi) is 8.91. The number of carbonyl (C=O) groups is 2. The van der Waals surface area contributed by atoms with Gasteiger partial charge in [-0.25, -0.2) is 9.78 Å². The smallest absolute Gasteiger partial charge is 0.323 e. The molecule has 0 atom stereocenters. The molecule has 0 radical (unpaired) electrons. The van der Waals surface area contributed by atoms with Crippen LogP contribution in [0.25, 0.3) is 5.65 Å². The highest BCUT2D eigenvalue weighted by Gasteiger charge is 2.23. The zero-order valence-corrected chi connectivity index (χ0v) is 21.2. The second-order valence-corrected chi connectivity index (χ2v) is 8.80. The molecule has 0 aliphatic carbocycles. The fourth-order valence-electron chi connectivity index (χ4n) is 4.44. The normalized spacial score (nSPS) is 14.1. The van der Waals surface area contributed by atoms with Gasteiger partial charge in [-0.05, 0) is 37.5 Å². The molecule has 9 heteroatoms. The van der Waals surface area contributed by atoms with Crippen LogP contribution >= 0.6 is 0 Å². The number of aryl methyl sites for hydroxylation is 1. The third-order valence-electron chi connectivity index (χ3n) is 6.43. The van der Waals surface area contributed by atoms with Crippen molar-refractivity contribution < 1.29 is 14.3 Å². The van der Waals surface area contributed by atoms with Gasteiger partial charge in [0.25, 0.3) is 5.91 Å². The zero-order chi connectivity index (χ0) is 25.3. The number of amides is 3. The summed E-state index contributed by atoms with van der Waals surface area (Å²) >= 11 is 0. The largest absolute Gasteiger partial charge is 0.379 e. The summed E-state index contributed by atoms with van der Waals surface area (Å²) in [6, 6.07) is 13.5. The maximum atomic E-state index is 13.2. The number of benzene rings is 1. The van der Waals surface area contributed by atoms with Crippen molar-refractivity contribution in [2.75, 3.05) is 57.4 Å². The Morgan fingerprint density at radius 3 is 2.53 bits per heavy atom. The van der Waals surface area contributed by atoms with Crippen molar-refractivity contribution in [3.63, 3.8) is 0 Å². The van der Waals surface area contributed by atoms with Crippen LogP contribution in [0.1, 0.15) is 35.5 Å². The summed E-state index contributed by atoms with van der Waals surface area (Å²) in [6.45, 7) is 9.59. The first-order chi connectivity index (χ1) is 17.6. The van der Waals surface area contributed by atoms with E-state index in [0.29, 0.717) is 43.1 Å². The lowest BCUT2D eigenvalue weighted by atomic mass is 10.1. The molecule has 3 heterocycles. The number of aromatic nitrogens is 2. The minimum Gasteiger partial charge on any atom is -0.379 e. The molecule has 2 N–H and O–H groups in total. The van der Waals surface area contributed by atoms with Gasteiger partial charge in [0.05, 0.1) is 24.5 Å². The van der Waals surface area contributed by atoms with Gasteiger partial charge in [-0.2, -0.15) is 0 Å². The average molecular weight is 493 g/mol. The number of nitrogens with one attached hydrogen (secondary N) is 2. The number of hydrogen-bond donors (Lipinski definition) is 2. The van der Waals surface area contributed by atoms with Crippen molar-refractivity contribution in [1.82, 2.24) is 24.9 Å². The Bertz CT molecular complexity index is 1160. The number of anilines is 1. The summed E-state index contributed by atoms with van der Waals surface area (Å²) in [4.78, 5) is 34.8. The minimum atomic E-state index is -0.176. The lowest BCUT2D eigenvalue weighted by molar-refractivity contribution is 0.0383. The Morgan fingerprint density at radius 2 is 1.81 bits per heavy atom. The lowest BCUT2D eigenvalue weighted by Gasteiger charge is -2.26. The van der Waals surface area contributed by atoms with Gasteiger partial charge in [0, 0.05) is 45.5 Å². The third kappa shape index (κ3) is 6.22. The Labute approximate surface area is 212 Å². The summed E-state index contributed by atoms with van der Waals surface area (Å²) < 4.78 is 7.23. The first-order valence-electron chi connectivity index (χ1n) is 12.8. The zero-order valence-electron chi connectivity index (χ0n) is 21.2. The number of morpholine rings is 1. The molecule has 1 fully saturated rings. The molecule has 0 bridgehead atoms. The van der Waals surface area contributed by atoms with E-state index in [4.69, 9.17) is 9.72 Å². The van der Waals surface area contributed by atoms with E-state index < -0.39 is 0 Å². The van der Waals surface area contributed by atoms with E-state index in [2.05, 4.69) is 27.7 Å². The number of rotatable bonds is 10. The van der Waals surface area contributed by atoms with Crippen LogP contribution in [0.4, 0.5) is 10.6 Å². The van der Waals surface area contributed by atoms with Crippen LogP contribution in [0, 0.1) is 0 Å². The molecule has 1 aliphatic rings. The maximum absolute atomic E-state index is 13.2. The van der Waals surface area contributed by atoms with Crippen molar-refractivity contribution in [2.24, 2.45) is 0 Å². The number of pyridine rings is 1. The molecule has 1 aromatic carbocycles. The van der Waals surface area contributed by atoms with E-state index in [0.717, 1.165) is 45.0 Å². The van der Waals surface area contributed by atoms with Crippen molar-refractivity contribution >= 4 is 23.4 Å². The summed E-state index contributed by atoms with van der Waals surface area (Å²) in [6.07, 6.45) is 3.21. The number of hydrogen-bond acceptors (Lipinski definition) is 5. The molecule has 192 valence electrons. The van der Waals surface area contributed by atoms with E-state index in [1.807, 2.05) is 42.5 Å². The number of nitrogens with zero attached hydrogens (tertiary/aromatic N) is 4. The molecule has 3 aromatic rings. The molecule has 2 aromatic heterocycles. The lowest BCUT2D eigenvalue weighted by Crippen LogP contribution is -2.42. The predicted octanol–water partition coefficient (Wildman–Crippen LogP) is 2.74. The molecule has 1 saturated heterocycles. The van der Waals surface area contributed by atoms with Crippen LogP contribution in [0.15, 0.2) is 48.7 Å². The summed E-state index contributed by atoms with van der Waals surface area (Å²) in [5.74, 6) is 0.563. The number of imidazole rings is 1. The van der Waals surface area contributed by atoms with Crippen molar-refractivity contribution in [2.45, 2.75) is 26.7 Å². The SMILES string of the molecule is CCc1nc2ccc(C(=O)NCCN3CCOCC3)cn2c1N(CC)C(=O)NCCc1ccccc1. The van der Waals surface area contributed by atoms with Gasteiger partial charge < -0.3 is 15.4 Å². The average Bonchev–Trinajstić information content (AvgIpc) is 3.28.